The highest BCUT2D eigenvalue weighted by molar-refractivity contribution is 7.66. The van der Waals surface area contributed by atoms with Crippen LogP contribution >= 0.6 is 23.5 Å². The highest BCUT2D eigenvalue weighted by Gasteiger charge is 2.46. The van der Waals surface area contributed by atoms with Gasteiger partial charge in [0.1, 0.15) is 18.4 Å². The Labute approximate surface area is 161 Å². The SMILES string of the molecule is Cc1cn([C@H]2C[C@H](O[33P](=O)(O)OP(=O)(O)OP(=O)(O)O)[C@@H](CO)O2)c(=O)[nH]c1=O. The third-order valence-corrected chi connectivity index (χ3v) is 7.37. The Kier molecular flexibility index (Phi) is 7.23. The zero-order valence-electron chi connectivity index (χ0n) is 14.4. The van der Waals surface area contributed by atoms with Crippen molar-refractivity contribution in [1.82, 2.24) is 9.55 Å². The third-order valence-electron chi connectivity index (χ3n) is 3.50. The zero-order chi connectivity index (χ0) is 22.2. The maximum atomic E-state index is 11.9. The van der Waals surface area contributed by atoms with E-state index >= 15 is 0 Å². The number of aliphatic hydroxyl groups is 1. The Hall–Kier alpha value is -0.990. The molecule has 0 aliphatic carbocycles. The number of aromatic nitrogens is 2. The maximum Gasteiger partial charge on any atom is 0.490 e. The van der Waals surface area contributed by atoms with Crippen LogP contribution in [0.3, 0.4) is 0 Å². The molecule has 19 heteroatoms. The highest BCUT2D eigenvalue weighted by Crippen LogP contribution is 2.67. The Balaban J connectivity index is 2.18. The van der Waals surface area contributed by atoms with E-state index in [1.54, 1.807) is 0 Å². The summed E-state index contributed by atoms with van der Waals surface area (Å²) >= 11 is 0. The smallest absolute Gasteiger partial charge is 0.394 e. The summed E-state index contributed by atoms with van der Waals surface area (Å²) in [6.45, 7) is 0.630. The summed E-state index contributed by atoms with van der Waals surface area (Å²) in [6.07, 6.45) is -3.13. The van der Waals surface area contributed by atoms with Gasteiger partial charge in [0.15, 0.2) is 0 Å². The number of hydrogen-bond acceptors (Lipinski definition) is 10. The van der Waals surface area contributed by atoms with Gasteiger partial charge >= 0.3 is 29.2 Å². The van der Waals surface area contributed by atoms with E-state index in [-0.39, 0.29) is 12.0 Å². The second-order valence-electron chi connectivity index (χ2n) is 5.76. The predicted molar refractivity (Wildman–Crippen MR) is 90.4 cm³/mol. The number of aliphatic hydroxyl groups excluding tert-OH is 1. The molecule has 1 saturated heterocycles. The normalized spacial score (nSPS) is 26.8. The minimum absolute atomic E-state index is 0.144. The van der Waals surface area contributed by atoms with Gasteiger partial charge in [-0.1, -0.05) is 0 Å². The van der Waals surface area contributed by atoms with E-state index in [9.17, 15) is 33.3 Å². The molecule has 2 heterocycles. The number of aryl methyl sites for hydroxylation is 1. The summed E-state index contributed by atoms with van der Waals surface area (Å²) in [4.78, 5) is 61.1. The largest absolute Gasteiger partial charge is 0.490 e. The first-order chi connectivity index (χ1) is 13.1. The van der Waals surface area contributed by atoms with Crippen molar-refractivity contribution in [3.8, 4) is 0 Å². The molecule has 0 amide bonds. The average molecular weight is 484 g/mol. The summed E-state index contributed by atoms with van der Waals surface area (Å²) in [5.74, 6) is 0. The molecule has 166 valence electrons. The van der Waals surface area contributed by atoms with Crippen molar-refractivity contribution >= 4 is 23.5 Å². The first kappa shape index (κ1) is 24.3. The number of phosphoric ester groups is 1. The van der Waals surface area contributed by atoms with Crippen molar-refractivity contribution < 1.29 is 56.3 Å². The fraction of sp³-hybridized carbons (Fsp3) is 0.600. The van der Waals surface area contributed by atoms with Crippen LogP contribution in [-0.4, -0.2) is 53.0 Å². The van der Waals surface area contributed by atoms with Crippen LogP contribution in [0, 0.1) is 6.92 Å². The minimum Gasteiger partial charge on any atom is -0.394 e. The first-order valence-corrected chi connectivity index (χ1v) is 12.1. The highest BCUT2D eigenvalue weighted by atomic mass is 33.2. The lowest BCUT2D eigenvalue weighted by molar-refractivity contribution is -0.0452. The predicted octanol–water partition coefficient (Wildman–Crippen LogP) is -1.16. The zero-order valence-corrected chi connectivity index (χ0v) is 17.1. The molecule has 5 atom stereocenters. The average Bonchev–Trinajstić information content (AvgIpc) is 2.88. The van der Waals surface area contributed by atoms with Gasteiger partial charge in [-0.25, -0.2) is 18.5 Å². The van der Waals surface area contributed by atoms with Crippen molar-refractivity contribution in [1.29, 1.82) is 0 Å². The van der Waals surface area contributed by atoms with Gasteiger partial charge in [-0.3, -0.25) is 18.9 Å². The molecule has 0 bridgehead atoms. The molecule has 1 fully saturated rings. The molecule has 16 nitrogen and oxygen atoms in total. The molecular formula is C10H17N2O14P3. The molecule has 6 N–H and O–H groups in total. The van der Waals surface area contributed by atoms with E-state index in [0.29, 0.717) is 0 Å². The Morgan fingerprint density at radius 2 is 1.97 bits per heavy atom. The fourth-order valence-corrected chi connectivity index (χ4v) is 5.64. The van der Waals surface area contributed by atoms with Gasteiger partial charge in [0.05, 0.1) is 6.61 Å². The van der Waals surface area contributed by atoms with Crippen LogP contribution in [0.1, 0.15) is 18.2 Å². The van der Waals surface area contributed by atoms with E-state index in [1.165, 1.54) is 6.92 Å². The van der Waals surface area contributed by atoms with Crippen LogP contribution in [0.25, 0.3) is 0 Å². The van der Waals surface area contributed by atoms with Crippen LogP contribution in [0.5, 0.6) is 0 Å². The molecule has 1 aliphatic heterocycles. The second kappa shape index (κ2) is 8.63. The Morgan fingerprint density at radius 1 is 1.34 bits per heavy atom. The van der Waals surface area contributed by atoms with Crippen LogP contribution in [-0.2, 0) is 31.6 Å². The Morgan fingerprint density at radius 3 is 2.52 bits per heavy atom. The standard InChI is InChI=1S/C10H17N2O14P3/c1-5-3-12(10(15)11-9(5)14)8-2-6(7(4-13)23-8)24-28(19,20)26-29(21,22)25-27(16,17)18/h3,6-8,13H,2,4H2,1H3,(H,19,20)(H,21,22)(H,11,14,15)(H2,16,17,18)/t6-,7+,8+/m0/s1/i28+2. The number of H-pyrrole nitrogens is 1. The molecule has 2 rings (SSSR count). The van der Waals surface area contributed by atoms with Crippen molar-refractivity contribution in [3.05, 3.63) is 32.6 Å². The third kappa shape index (κ3) is 6.76. The number of nitrogens with one attached hydrogen (secondary N) is 1. The molecule has 1 aromatic heterocycles. The molecule has 2 unspecified atom stereocenters. The van der Waals surface area contributed by atoms with Crippen molar-refractivity contribution in [2.24, 2.45) is 0 Å². The van der Waals surface area contributed by atoms with Gasteiger partial charge in [0.2, 0.25) is 0 Å². The number of ether oxygens (including phenoxy) is 1. The molecular weight excluding hydrogens is 467 g/mol. The van der Waals surface area contributed by atoms with Gasteiger partial charge in [-0.2, -0.15) is 8.62 Å². The summed E-state index contributed by atoms with van der Waals surface area (Å²) in [7, 11) is -16.7. The summed E-state index contributed by atoms with van der Waals surface area (Å²) < 4.78 is 52.0. The molecule has 0 saturated carbocycles. The van der Waals surface area contributed by atoms with Gasteiger partial charge in [-0.05, 0) is 6.92 Å². The summed E-state index contributed by atoms with van der Waals surface area (Å²) in [6, 6.07) is 0. The molecule has 0 radical (unpaired) electrons. The molecule has 1 aliphatic rings. The summed E-state index contributed by atoms with van der Waals surface area (Å²) in [5.41, 5.74) is -1.38. The van der Waals surface area contributed by atoms with E-state index in [1.807, 2.05) is 4.98 Å². The fourth-order valence-electron chi connectivity index (χ4n) is 2.42. The van der Waals surface area contributed by atoms with Crippen molar-refractivity contribution in [2.45, 2.75) is 31.8 Å². The molecule has 1 aromatic rings. The molecule has 0 spiro atoms. The van der Waals surface area contributed by atoms with Crippen molar-refractivity contribution in [2.75, 3.05) is 6.61 Å². The van der Waals surface area contributed by atoms with E-state index in [0.717, 1.165) is 10.8 Å². The van der Waals surface area contributed by atoms with Crippen LogP contribution < -0.4 is 11.2 Å². The Bertz CT molecular complexity index is 1010. The minimum atomic E-state index is -5.71. The monoisotopic (exact) mass is 484 g/mol. The lowest BCUT2D eigenvalue weighted by Crippen LogP contribution is -2.33. The second-order valence-corrected chi connectivity index (χ2v) is 10.1. The number of phosphoric acid groups is 3. The van der Waals surface area contributed by atoms with Gasteiger partial charge in [0.25, 0.3) is 5.56 Å². The molecule has 29 heavy (non-hydrogen) atoms. The lowest BCUT2D eigenvalue weighted by atomic mass is 10.2. The molecule has 0 aromatic carbocycles. The number of nitrogens with zero attached hydrogens (tertiary/aromatic N) is 1. The first-order valence-electron chi connectivity index (χ1n) is 7.53. The van der Waals surface area contributed by atoms with Gasteiger partial charge in [-0.15, -0.1) is 0 Å². The summed E-state index contributed by atoms with van der Waals surface area (Å²) in [5, 5.41) is 9.36. The number of aromatic amines is 1. The van der Waals surface area contributed by atoms with Crippen molar-refractivity contribution in [3.63, 3.8) is 0 Å². The van der Waals surface area contributed by atoms with Crippen LogP contribution in [0.4, 0.5) is 0 Å². The lowest BCUT2D eigenvalue weighted by Gasteiger charge is -2.21. The number of hydrogen-bond donors (Lipinski definition) is 6. The van der Waals surface area contributed by atoms with Gasteiger partial charge < -0.3 is 29.4 Å². The van der Waals surface area contributed by atoms with E-state index in [2.05, 4.69) is 13.1 Å². The quantitative estimate of drug-likeness (QED) is 0.238. The van der Waals surface area contributed by atoms with E-state index in [4.69, 9.17) is 19.4 Å². The van der Waals surface area contributed by atoms with E-state index < -0.39 is 59.8 Å². The topological polar surface area (TPSA) is 244 Å². The van der Waals surface area contributed by atoms with Crippen LogP contribution in [0.2, 0.25) is 0 Å². The maximum absolute atomic E-state index is 11.9. The number of rotatable bonds is 8. The van der Waals surface area contributed by atoms with Crippen LogP contribution in [0.15, 0.2) is 15.8 Å². The van der Waals surface area contributed by atoms with Gasteiger partial charge in [0, 0.05) is 18.2 Å².